The van der Waals surface area contributed by atoms with Crippen LogP contribution in [0.15, 0.2) is 25.2 Å². The molecule has 94 valence electrons. The number of aliphatic carboxylic acids is 1. The standard InChI is InChI=1S/C9H13N3O4S/c1-2-3-17(15,16)12-8(9(13)14)4-7-5-10-6-11-7/h2,5-6,8,12H,1,3-4H2,(H,10,11)(H,13,14)/t8-/m0/s1. The monoisotopic (exact) mass is 259 g/mol. The first-order valence-electron chi connectivity index (χ1n) is 4.75. The van der Waals surface area contributed by atoms with E-state index in [0.717, 1.165) is 0 Å². The molecule has 0 aliphatic carbocycles. The Balaban J connectivity index is 2.74. The normalized spacial score (nSPS) is 13.2. The molecule has 1 rings (SSSR count). The Hall–Kier alpha value is -1.67. The Bertz CT molecular complexity index is 480. The minimum atomic E-state index is -3.66. The topological polar surface area (TPSA) is 112 Å². The molecular formula is C9H13N3O4S. The summed E-state index contributed by atoms with van der Waals surface area (Å²) in [5.74, 6) is -1.56. The lowest BCUT2D eigenvalue weighted by atomic mass is 10.2. The van der Waals surface area contributed by atoms with E-state index in [9.17, 15) is 13.2 Å². The van der Waals surface area contributed by atoms with Gasteiger partial charge in [-0.25, -0.2) is 18.1 Å². The summed E-state index contributed by atoms with van der Waals surface area (Å²) in [5, 5.41) is 8.92. The Morgan fingerprint density at radius 3 is 2.88 bits per heavy atom. The molecule has 8 heteroatoms. The fourth-order valence-electron chi connectivity index (χ4n) is 1.22. The first-order valence-corrected chi connectivity index (χ1v) is 6.41. The van der Waals surface area contributed by atoms with E-state index in [2.05, 4.69) is 21.3 Å². The highest BCUT2D eigenvalue weighted by atomic mass is 32.2. The molecule has 0 aliphatic rings. The molecule has 0 saturated heterocycles. The van der Waals surface area contributed by atoms with Crippen LogP contribution in [0.4, 0.5) is 0 Å². The highest BCUT2D eigenvalue weighted by Crippen LogP contribution is 2.01. The van der Waals surface area contributed by atoms with Gasteiger partial charge in [-0.15, -0.1) is 6.58 Å². The van der Waals surface area contributed by atoms with Crippen LogP contribution < -0.4 is 4.72 Å². The van der Waals surface area contributed by atoms with Gasteiger partial charge in [-0.05, 0) is 0 Å². The minimum absolute atomic E-state index is 0.00566. The maximum atomic E-state index is 11.4. The zero-order chi connectivity index (χ0) is 12.9. The highest BCUT2D eigenvalue weighted by molar-refractivity contribution is 7.89. The van der Waals surface area contributed by atoms with Crippen LogP contribution in [-0.4, -0.2) is 41.3 Å². The van der Waals surface area contributed by atoms with Crippen molar-refractivity contribution in [1.29, 1.82) is 0 Å². The molecule has 0 saturated carbocycles. The van der Waals surface area contributed by atoms with Crippen molar-refractivity contribution in [2.45, 2.75) is 12.5 Å². The fourth-order valence-corrected chi connectivity index (χ4v) is 2.24. The molecule has 0 unspecified atom stereocenters. The summed E-state index contributed by atoms with van der Waals surface area (Å²) in [7, 11) is -3.66. The minimum Gasteiger partial charge on any atom is -0.480 e. The Morgan fingerprint density at radius 1 is 1.71 bits per heavy atom. The highest BCUT2D eigenvalue weighted by Gasteiger charge is 2.23. The largest absolute Gasteiger partial charge is 0.480 e. The number of carboxylic acid groups (broad SMARTS) is 1. The summed E-state index contributed by atoms with van der Waals surface area (Å²) in [6, 6.07) is -1.22. The van der Waals surface area contributed by atoms with Crippen molar-refractivity contribution in [3.63, 3.8) is 0 Å². The van der Waals surface area contributed by atoms with Gasteiger partial charge in [0.15, 0.2) is 0 Å². The molecule has 0 amide bonds. The number of hydrogen-bond acceptors (Lipinski definition) is 4. The quantitative estimate of drug-likeness (QED) is 0.572. The number of carboxylic acids is 1. The molecule has 0 aromatic carbocycles. The van der Waals surface area contributed by atoms with Crippen LogP contribution in [0.1, 0.15) is 5.69 Å². The number of nitrogens with one attached hydrogen (secondary N) is 2. The molecule has 0 radical (unpaired) electrons. The second-order valence-corrected chi connectivity index (χ2v) is 5.16. The third kappa shape index (κ3) is 4.37. The number of nitrogens with zero attached hydrogens (tertiary/aromatic N) is 1. The molecule has 1 atom stereocenters. The molecular weight excluding hydrogens is 246 g/mol. The average Bonchev–Trinajstić information content (AvgIpc) is 2.68. The Kier molecular flexibility index (Phi) is 4.41. The summed E-state index contributed by atoms with van der Waals surface area (Å²) in [4.78, 5) is 17.4. The van der Waals surface area contributed by atoms with E-state index >= 15 is 0 Å². The molecule has 1 heterocycles. The van der Waals surface area contributed by atoms with Crippen molar-refractivity contribution in [1.82, 2.24) is 14.7 Å². The van der Waals surface area contributed by atoms with Crippen molar-refractivity contribution < 1.29 is 18.3 Å². The molecule has 0 aliphatic heterocycles. The van der Waals surface area contributed by atoms with E-state index < -0.39 is 22.0 Å². The SMILES string of the molecule is C=CCS(=O)(=O)N[C@@H](Cc1cnc[nH]1)C(=O)O. The molecule has 17 heavy (non-hydrogen) atoms. The second kappa shape index (κ2) is 5.60. The number of sulfonamides is 1. The van der Waals surface area contributed by atoms with Gasteiger partial charge in [-0.2, -0.15) is 0 Å². The lowest BCUT2D eigenvalue weighted by Gasteiger charge is -2.12. The van der Waals surface area contributed by atoms with Crippen molar-refractivity contribution in [3.8, 4) is 0 Å². The van der Waals surface area contributed by atoms with Gasteiger partial charge in [0.05, 0.1) is 12.1 Å². The van der Waals surface area contributed by atoms with Gasteiger partial charge in [-0.3, -0.25) is 4.79 Å². The van der Waals surface area contributed by atoms with Crippen molar-refractivity contribution in [2.24, 2.45) is 0 Å². The molecule has 1 aromatic rings. The van der Waals surface area contributed by atoms with E-state index in [1.54, 1.807) is 0 Å². The molecule has 0 fully saturated rings. The van der Waals surface area contributed by atoms with Gasteiger partial charge >= 0.3 is 5.97 Å². The molecule has 3 N–H and O–H groups in total. The van der Waals surface area contributed by atoms with Crippen molar-refractivity contribution in [2.75, 3.05) is 5.75 Å². The maximum absolute atomic E-state index is 11.4. The van der Waals surface area contributed by atoms with Crippen molar-refractivity contribution in [3.05, 3.63) is 30.9 Å². The summed E-state index contributed by atoms with van der Waals surface area (Å²) in [5.41, 5.74) is 0.540. The predicted molar refractivity (Wildman–Crippen MR) is 60.8 cm³/mol. The van der Waals surface area contributed by atoms with Crippen LogP contribution >= 0.6 is 0 Å². The second-order valence-electron chi connectivity index (χ2n) is 3.36. The van der Waals surface area contributed by atoms with E-state index in [0.29, 0.717) is 5.69 Å². The third-order valence-electron chi connectivity index (χ3n) is 1.94. The average molecular weight is 259 g/mol. The van der Waals surface area contributed by atoms with Crippen LogP contribution in [0.2, 0.25) is 0 Å². The number of carbonyl (C=O) groups is 1. The van der Waals surface area contributed by atoms with Crippen LogP contribution in [0.3, 0.4) is 0 Å². The number of aromatic amines is 1. The zero-order valence-corrected chi connectivity index (χ0v) is 9.77. The smallest absolute Gasteiger partial charge is 0.322 e. The summed E-state index contributed by atoms with van der Waals surface area (Å²) in [6.45, 7) is 3.29. The molecule has 0 bridgehead atoms. The van der Waals surface area contributed by atoms with Crippen molar-refractivity contribution >= 4 is 16.0 Å². The van der Waals surface area contributed by atoms with E-state index in [-0.39, 0.29) is 12.2 Å². The van der Waals surface area contributed by atoms with Gasteiger partial charge in [0.25, 0.3) is 0 Å². The van der Waals surface area contributed by atoms with Gasteiger partial charge in [0.2, 0.25) is 10.0 Å². The van der Waals surface area contributed by atoms with E-state index in [1.165, 1.54) is 18.6 Å². The molecule has 0 spiro atoms. The number of hydrogen-bond donors (Lipinski definition) is 3. The number of aromatic nitrogens is 2. The van der Waals surface area contributed by atoms with Crippen LogP contribution in [0, 0.1) is 0 Å². The predicted octanol–water partition coefficient (Wildman–Crippen LogP) is -0.489. The lowest BCUT2D eigenvalue weighted by Crippen LogP contribution is -2.43. The first kappa shape index (κ1) is 13.4. The first-order chi connectivity index (χ1) is 7.94. The lowest BCUT2D eigenvalue weighted by molar-refractivity contribution is -0.138. The fraction of sp³-hybridized carbons (Fsp3) is 0.333. The molecule has 1 aromatic heterocycles. The summed E-state index contributed by atoms with van der Waals surface area (Å²) < 4.78 is 24.9. The number of imidazole rings is 1. The van der Waals surface area contributed by atoms with Crippen LogP contribution in [0.25, 0.3) is 0 Å². The Labute approximate surface area is 98.6 Å². The summed E-state index contributed by atoms with van der Waals surface area (Å²) in [6.07, 6.45) is 4.04. The number of rotatable bonds is 7. The van der Waals surface area contributed by atoms with E-state index in [1.807, 2.05) is 0 Å². The third-order valence-corrected chi connectivity index (χ3v) is 3.25. The van der Waals surface area contributed by atoms with Crippen LogP contribution in [0.5, 0.6) is 0 Å². The van der Waals surface area contributed by atoms with Crippen LogP contribution in [-0.2, 0) is 21.2 Å². The zero-order valence-electron chi connectivity index (χ0n) is 8.96. The van der Waals surface area contributed by atoms with Gasteiger partial charge in [-0.1, -0.05) is 6.08 Å². The molecule has 7 nitrogen and oxygen atoms in total. The van der Waals surface area contributed by atoms with Gasteiger partial charge in [0.1, 0.15) is 6.04 Å². The summed E-state index contributed by atoms with van der Waals surface area (Å²) >= 11 is 0. The number of H-pyrrole nitrogens is 1. The van der Waals surface area contributed by atoms with Gasteiger partial charge < -0.3 is 10.1 Å². The van der Waals surface area contributed by atoms with E-state index in [4.69, 9.17) is 5.11 Å². The Morgan fingerprint density at radius 2 is 2.41 bits per heavy atom. The van der Waals surface area contributed by atoms with Gasteiger partial charge in [0, 0.05) is 18.3 Å². The maximum Gasteiger partial charge on any atom is 0.322 e.